The molecular weight excluding hydrogens is 346 g/mol. The van der Waals surface area contributed by atoms with Gasteiger partial charge in [-0.3, -0.25) is 14.5 Å². The molecule has 2 aliphatic heterocycles. The van der Waals surface area contributed by atoms with E-state index in [2.05, 4.69) is 15.9 Å². The highest BCUT2D eigenvalue weighted by Crippen LogP contribution is 2.34. The lowest BCUT2D eigenvalue weighted by atomic mass is 10.0. The number of halogens is 3. The van der Waals surface area contributed by atoms with Gasteiger partial charge in [-0.15, -0.1) is 0 Å². The summed E-state index contributed by atoms with van der Waals surface area (Å²) in [7, 11) is 0. The van der Waals surface area contributed by atoms with Gasteiger partial charge in [0.2, 0.25) is 5.91 Å². The highest BCUT2D eigenvalue weighted by atomic mass is 79.9. The van der Waals surface area contributed by atoms with Crippen molar-refractivity contribution in [3.63, 3.8) is 0 Å². The smallest absolute Gasteiger partial charge is 0.250 e. The Labute approximate surface area is 128 Å². The molecule has 0 aromatic heterocycles. The molecule has 0 spiro atoms. The van der Waals surface area contributed by atoms with Crippen LogP contribution in [0.4, 0.5) is 14.5 Å². The normalized spacial score (nSPS) is 25.5. The molecule has 1 aromatic rings. The molecule has 2 saturated heterocycles. The third-order valence-electron chi connectivity index (χ3n) is 4.05. The maximum Gasteiger partial charge on any atom is 0.250 e. The molecule has 2 amide bonds. The average Bonchev–Trinajstić information content (AvgIpc) is 2.92. The zero-order valence-electron chi connectivity index (χ0n) is 11.3. The van der Waals surface area contributed by atoms with Crippen LogP contribution in [0.25, 0.3) is 0 Å². The molecule has 0 bridgehead atoms. The van der Waals surface area contributed by atoms with E-state index in [4.69, 9.17) is 0 Å². The highest BCUT2D eigenvalue weighted by molar-refractivity contribution is 9.10. The second-order valence-corrected chi connectivity index (χ2v) is 6.15. The number of rotatable bonds is 1. The number of anilines is 1. The molecule has 4 nitrogen and oxygen atoms in total. The van der Waals surface area contributed by atoms with Gasteiger partial charge in [0.05, 0.1) is 10.2 Å². The van der Waals surface area contributed by atoms with Crippen LogP contribution in [0.3, 0.4) is 0 Å². The zero-order chi connectivity index (χ0) is 15.3. The van der Waals surface area contributed by atoms with Crippen molar-refractivity contribution in [2.45, 2.75) is 31.8 Å². The number of benzene rings is 1. The van der Waals surface area contributed by atoms with E-state index < -0.39 is 23.7 Å². The van der Waals surface area contributed by atoms with Gasteiger partial charge in [-0.1, -0.05) is 0 Å². The van der Waals surface area contributed by atoms with Gasteiger partial charge in [-0.05, 0) is 41.8 Å². The predicted octanol–water partition coefficient (Wildman–Crippen LogP) is 2.45. The van der Waals surface area contributed by atoms with Crippen LogP contribution in [0, 0.1) is 11.6 Å². The molecule has 0 saturated carbocycles. The van der Waals surface area contributed by atoms with Crippen LogP contribution in [0.2, 0.25) is 0 Å². The minimum Gasteiger partial charge on any atom is -0.329 e. The third-order valence-corrected chi connectivity index (χ3v) is 4.66. The molecule has 3 rings (SSSR count). The summed E-state index contributed by atoms with van der Waals surface area (Å²) in [5, 5.41) is 0. The van der Waals surface area contributed by atoms with E-state index in [0.717, 1.165) is 11.3 Å². The standard InChI is InChI=1S/C14H13BrF2N2O2/c1-7-13(20)18-4-2-3-11(18)14(21)19(7)12-5-8(15)9(16)6-10(12)17/h5-7,11H,2-4H2,1H3. The van der Waals surface area contributed by atoms with Gasteiger partial charge in [0.25, 0.3) is 5.91 Å². The maximum atomic E-state index is 14.1. The number of amides is 2. The quantitative estimate of drug-likeness (QED) is 0.723. The van der Waals surface area contributed by atoms with Crippen LogP contribution < -0.4 is 4.90 Å². The zero-order valence-corrected chi connectivity index (χ0v) is 12.9. The number of piperazine rings is 1. The summed E-state index contributed by atoms with van der Waals surface area (Å²) in [6, 6.07) is 0.595. The highest BCUT2D eigenvalue weighted by Gasteiger charge is 2.47. The van der Waals surface area contributed by atoms with Gasteiger partial charge >= 0.3 is 0 Å². The van der Waals surface area contributed by atoms with Crippen LogP contribution in [0.1, 0.15) is 19.8 Å². The molecule has 0 N–H and O–H groups in total. The van der Waals surface area contributed by atoms with E-state index in [9.17, 15) is 18.4 Å². The lowest BCUT2D eigenvalue weighted by molar-refractivity contribution is -0.143. The lowest BCUT2D eigenvalue weighted by Gasteiger charge is -2.40. The van der Waals surface area contributed by atoms with Gasteiger partial charge in [0, 0.05) is 12.6 Å². The molecule has 21 heavy (non-hydrogen) atoms. The van der Waals surface area contributed by atoms with Crippen LogP contribution >= 0.6 is 15.9 Å². The summed E-state index contributed by atoms with van der Waals surface area (Å²) in [6.07, 6.45) is 1.34. The van der Waals surface area contributed by atoms with E-state index in [0.29, 0.717) is 19.0 Å². The van der Waals surface area contributed by atoms with E-state index in [1.165, 1.54) is 6.07 Å². The second-order valence-electron chi connectivity index (χ2n) is 5.29. The topological polar surface area (TPSA) is 40.6 Å². The summed E-state index contributed by atoms with van der Waals surface area (Å²) >= 11 is 2.98. The SMILES string of the molecule is CC1C(=O)N2CCCC2C(=O)N1c1cc(Br)c(F)cc1F. The largest absolute Gasteiger partial charge is 0.329 e. The Morgan fingerprint density at radius 1 is 1.19 bits per heavy atom. The predicted molar refractivity (Wildman–Crippen MR) is 75.7 cm³/mol. The number of fused-ring (bicyclic) bond motifs is 1. The molecule has 2 fully saturated rings. The van der Waals surface area contributed by atoms with Crippen molar-refractivity contribution in [3.8, 4) is 0 Å². The van der Waals surface area contributed by atoms with Crippen molar-refractivity contribution in [1.82, 2.24) is 4.90 Å². The summed E-state index contributed by atoms with van der Waals surface area (Å²) in [5.41, 5.74) is -0.0688. The van der Waals surface area contributed by atoms with Crippen molar-refractivity contribution >= 4 is 33.4 Å². The number of nitrogens with zero attached hydrogens (tertiary/aromatic N) is 2. The van der Waals surface area contributed by atoms with Crippen LogP contribution in [0.15, 0.2) is 16.6 Å². The number of hydrogen-bond donors (Lipinski definition) is 0. The fraction of sp³-hybridized carbons (Fsp3) is 0.429. The van der Waals surface area contributed by atoms with E-state index in [1.807, 2.05) is 0 Å². The van der Waals surface area contributed by atoms with E-state index >= 15 is 0 Å². The fourth-order valence-corrected chi connectivity index (χ4v) is 3.34. The van der Waals surface area contributed by atoms with Gasteiger partial charge in [0.1, 0.15) is 23.7 Å². The summed E-state index contributed by atoms with van der Waals surface area (Å²) < 4.78 is 27.5. The Kier molecular flexibility index (Phi) is 3.47. The molecule has 112 valence electrons. The van der Waals surface area contributed by atoms with Crippen LogP contribution in [-0.2, 0) is 9.59 Å². The number of carbonyl (C=O) groups is 2. The monoisotopic (exact) mass is 358 g/mol. The van der Waals surface area contributed by atoms with Crippen molar-refractivity contribution < 1.29 is 18.4 Å². The first-order chi connectivity index (χ1) is 9.91. The van der Waals surface area contributed by atoms with Crippen molar-refractivity contribution in [2.24, 2.45) is 0 Å². The summed E-state index contributed by atoms with van der Waals surface area (Å²) in [4.78, 5) is 27.6. The Morgan fingerprint density at radius 2 is 1.90 bits per heavy atom. The molecule has 1 aromatic carbocycles. The maximum absolute atomic E-state index is 14.1. The van der Waals surface area contributed by atoms with E-state index in [1.54, 1.807) is 11.8 Å². The van der Waals surface area contributed by atoms with E-state index in [-0.39, 0.29) is 22.0 Å². The first-order valence-corrected chi connectivity index (χ1v) is 7.49. The van der Waals surface area contributed by atoms with Gasteiger partial charge in [-0.25, -0.2) is 8.78 Å². The lowest BCUT2D eigenvalue weighted by Crippen LogP contribution is -2.62. The molecular formula is C14H13BrF2N2O2. The van der Waals surface area contributed by atoms with Crippen LogP contribution in [0.5, 0.6) is 0 Å². The number of carbonyl (C=O) groups excluding carboxylic acids is 2. The Hall–Kier alpha value is -1.50. The van der Waals surface area contributed by atoms with Gasteiger partial charge < -0.3 is 4.90 Å². The first-order valence-electron chi connectivity index (χ1n) is 6.70. The molecule has 0 radical (unpaired) electrons. The van der Waals surface area contributed by atoms with Gasteiger partial charge in [0.15, 0.2) is 0 Å². The Balaban J connectivity index is 2.06. The van der Waals surface area contributed by atoms with Gasteiger partial charge in [-0.2, -0.15) is 0 Å². The average molecular weight is 359 g/mol. The Bertz CT molecular complexity index is 638. The molecule has 2 unspecified atom stereocenters. The molecule has 2 heterocycles. The summed E-state index contributed by atoms with van der Waals surface area (Å²) in [6.45, 7) is 2.12. The van der Waals surface area contributed by atoms with Crippen molar-refractivity contribution in [1.29, 1.82) is 0 Å². The van der Waals surface area contributed by atoms with Crippen molar-refractivity contribution in [3.05, 3.63) is 28.2 Å². The molecule has 2 aliphatic rings. The molecule has 0 aliphatic carbocycles. The minimum absolute atomic E-state index is 0.0557. The minimum atomic E-state index is -0.852. The third kappa shape index (κ3) is 2.14. The Morgan fingerprint density at radius 3 is 2.62 bits per heavy atom. The molecule has 7 heteroatoms. The number of hydrogen-bond acceptors (Lipinski definition) is 2. The second kappa shape index (κ2) is 5.05. The summed E-state index contributed by atoms with van der Waals surface area (Å²) in [5.74, 6) is -2.11. The van der Waals surface area contributed by atoms with Crippen molar-refractivity contribution in [2.75, 3.05) is 11.4 Å². The van der Waals surface area contributed by atoms with Crippen LogP contribution in [-0.4, -0.2) is 35.3 Å². The fourth-order valence-electron chi connectivity index (χ4n) is 3.01. The first kappa shape index (κ1) is 14.4. The molecule has 2 atom stereocenters.